The molecule has 3 aromatic rings. The molecule has 0 saturated heterocycles. The number of pyridine rings is 1. The lowest BCUT2D eigenvalue weighted by Gasteiger charge is -2.20. The summed E-state index contributed by atoms with van der Waals surface area (Å²) in [6, 6.07) is 7.27. The van der Waals surface area contributed by atoms with Crippen LogP contribution in [0.25, 0.3) is 22.6 Å². The van der Waals surface area contributed by atoms with Crippen molar-refractivity contribution in [2.75, 3.05) is 0 Å². The van der Waals surface area contributed by atoms with Crippen LogP contribution in [-0.2, 0) is 17.4 Å². The molecule has 0 atom stereocenters. The van der Waals surface area contributed by atoms with Gasteiger partial charge in [0.15, 0.2) is 0 Å². The van der Waals surface area contributed by atoms with Gasteiger partial charge in [-0.05, 0) is 42.7 Å². The van der Waals surface area contributed by atoms with E-state index in [0.717, 1.165) is 24.4 Å². The molecule has 0 unspecified atom stereocenters. The molecule has 0 aliphatic carbocycles. The molecule has 168 valence electrons. The lowest BCUT2D eigenvalue weighted by atomic mass is 9.85. The van der Waals surface area contributed by atoms with Crippen LogP contribution in [0.15, 0.2) is 47.4 Å². The van der Waals surface area contributed by atoms with Crippen LogP contribution in [0.5, 0.6) is 0 Å². The lowest BCUT2D eigenvalue weighted by molar-refractivity contribution is -0.141. The summed E-state index contributed by atoms with van der Waals surface area (Å²) in [4.78, 5) is 33.7. The quantitative estimate of drug-likeness (QED) is 0.555. The molecule has 0 aliphatic rings. The number of aromatic amines is 1. The van der Waals surface area contributed by atoms with Gasteiger partial charge in [-0.15, -0.1) is 0 Å². The maximum atomic E-state index is 14.5. The fourth-order valence-corrected chi connectivity index (χ4v) is 2.94. The number of aryl methyl sites for hydroxylation is 1. The monoisotopic (exact) mass is 448 g/mol. The van der Waals surface area contributed by atoms with E-state index in [0.29, 0.717) is 18.4 Å². The van der Waals surface area contributed by atoms with Crippen molar-refractivity contribution in [2.45, 2.75) is 32.9 Å². The molecule has 32 heavy (non-hydrogen) atoms. The average Bonchev–Trinajstić information content (AvgIpc) is 2.72. The largest absolute Gasteiger partial charge is 0.433 e. The van der Waals surface area contributed by atoms with Crippen LogP contribution >= 0.6 is 0 Å². The summed E-state index contributed by atoms with van der Waals surface area (Å²) in [5.41, 5.74) is 3.87. The molecule has 0 spiro atoms. The number of carbonyl (C=O) groups is 1. The van der Waals surface area contributed by atoms with Gasteiger partial charge in [0.25, 0.3) is 5.56 Å². The first-order chi connectivity index (χ1) is 14.9. The highest BCUT2D eigenvalue weighted by atomic mass is 19.4. The third-order valence-electron chi connectivity index (χ3n) is 5.08. The second-order valence-electron chi connectivity index (χ2n) is 7.97. The number of nitrogens with two attached hydrogens (primary N) is 1. The molecule has 1 amide bonds. The summed E-state index contributed by atoms with van der Waals surface area (Å²) >= 11 is 0. The number of alkyl halides is 3. The van der Waals surface area contributed by atoms with E-state index >= 15 is 0 Å². The zero-order valence-electron chi connectivity index (χ0n) is 17.3. The zero-order valence-corrected chi connectivity index (χ0v) is 17.3. The number of benzene rings is 1. The molecule has 6 nitrogen and oxygen atoms in total. The fraction of sp³-hybridized carbons (Fsp3) is 0.273. The molecule has 0 bridgehead atoms. The molecular weight excluding hydrogens is 428 g/mol. The highest BCUT2D eigenvalue weighted by molar-refractivity contribution is 5.79. The van der Waals surface area contributed by atoms with E-state index < -0.39 is 34.6 Å². The standard InChI is InChI=1S/C22H20F4N4O2/c1-21(2,20(27)32)8-7-12-3-5-15(23)14(9-12)19-29-16(10-18(31)30-19)13-4-6-17(28-11-13)22(24,25)26/h3-6,9-11H,7-8H2,1-2H3,(H2,27,32)(H,29,30,31). The molecule has 0 radical (unpaired) electrons. The van der Waals surface area contributed by atoms with E-state index in [2.05, 4.69) is 15.0 Å². The van der Waals surface area contributed by atoms with Gasteiger partial charge in [0.05, 0.1) is 11.3 Å². The minimum Gasteiger partial charge on any atom is -0.369 e. The average molecular weight is 448 g/mol. The number of amides is 1. The molecule has 0 aliphatic heterocycles. The Hall–Kier alpha value is -3.56. The van der Waals surface area contributed by atoms with Crippen molar-refractivity contribution in [3.8, 4) is 22.6 Å². The summed E-state index contributed by atoms with van der Waals surface area (Å²) < 4.78 is 52.7. The summed E-state index contributed by atoms with van der Waals surface area (Å²) in [6.07, 6.45) is -2.80. The molecule has 3 rings (SSSR count). The Balaban J connectivity index is 1.96. The number of H-pyrrole nitrogens is 1. The second kappa shape index (κ2) is 8.52. The summed E-state index contributed by atoms with van der Waals surface area (Å²) in [5.74, 6) is -1.18. The predicted octanol–water partition coefficient (Wildman–Crippen LogP) is 4.10. The third-order valence-corrected chi connectivity index (χ3v) is 5.08. The highest BCUT2D eigenvalue weighted by Gasteiger charge is 2.32. The number of hydrogen-bond acceptors (Lipinski definition) is 4. The van der Waals surface area contributed by atoms with E-state index in [9.17, 15) is 27.2 Å². The van der Waals surface area contributed by atoms with Crippen LogP contribution < -0.4 is 11.3 Å². The van der Waals surface area contributed by atoms with Gasteiger partial charge in [0.1, 0.15) is 17.3 Å². The maximum absolute atomic E-state index is 14.5. The molecule has 10 heteroatoms. The van der Waals surface area contributed by atoms with Gasteiger partial charge in [0.2, 0.25) is 5.91 Å². The molecule has 1 aromatic carbocycles. The van der Waals surface area contributed by atoms with Crippen LogP contribution in [0, 0.1) is 11.2 Å². The SMILES string of the molecule is CC(C)(CCc1ccc(F)c(-c2nc(-c3ccc(C(F)(F)F)nc3)cc(=O)[nH]2)c1)C(N)=O. The van der Waals surface area contributed by atoms with Crippen LogP contribution in [0.1, 0.15) is 31.5 Å². The molecule has 2 aromatic heterocycles. The number of rotatable bonds is 6. The van der Waals surface area contributed by atoms with E-state index in [4.69, 9.17) is 5.73 Å². The van der Waals surface area contributed by atoms with Crippen LogP contribution in [0.3, 0.4) is 0 Å². The van der Waals surface area contributed by atoms with Gasteiger partial charge in [0, 0.05) is 23.2 Å². The number of halogens is 4. The van der Waals surface area contributed by atoms with E-state index in [1.54, 1.807) is 19.9 Å². The highest BCUT2D eigenvalue weighted by Crippen LogP contribution is 2.29. The van der Waals surface area contributed by atoms with Crippen LogP contribution in [-0.4, -0.2) is 20.9 Å². The Kier molecular flexibility index (Phi) is 6.16. The Morgan fingerprint density at radius 1 is 1.12 bits per heavy atom. The number of carbonyl (C=O) groups excluding carboxylic acids is 1. The van der Waals surface area contributed by atoms with Gasteiger partial charge in [-0.2, -0.15) is 13.2 Å². The van der Waals surface area contributed by atoms with Crippen molar-refractivity contribution in [3.63, 3.8) is 0 Å². The fourth-order valence-electron chi connectivity index (χ4n) is 2.94. The van der Waals surface area contributed by atoms with Crippen LogP contribution in [0.4, 0.5) is 17.6 Å². The van der Waals surface area contributed by atoms with Crippen molar-refractivity contribution in [1.82, 2.24) is 15.0 Å². The smallest absolute Gasteiger partial charge is 0.369 e. The second-order valence-corrected chi connectivity index (χ2v) is 7.97. The number of aromatic nitrogens is 3. The Morgan fingerprint density at radius 2 is 1.84 bits per heavy atom. The van der Waals surface area contributed by atoms with Gasteiger partial charge in [-0.3, -0.25) is 14.6 Å². The normalized spacial score (nSPS) is 12.1. The first kappa shape index (κ1) is 23.1. The van der Waals surface area contributed by atoms with E-state index in [1.807, 2.05) is 0 Å². The Labute approximate surface area is 180 Å². The minimum absolute atomic E-state index is 0.0122. The van der Waals surface area contributed by atoms with Gasteiger partial charge in [-0.25, -0.2) is 9.37 Å². The molecule has 2 heterocycles. The molecule has 0 fully saturated rings. The number of nitrogens with one attached hydrogen (secondary N) is 1. The maximum Gasteiger partial charge on any atom is 0.433 e. The molecular formula is C22H20F4N4O2. The number of hydrogen-bond donors (Lipinski definition) is 2. The van der Waals surface area contributed by atoms with Crippen LogP contribution in [0.2, 0.25) is 0 Å². The first-order valence-electron chi connectivity index (χ1n) is 9.60. The van der Waals surface area contributed by atoms with Crippen molar-refractivity contribution in [3.05, 3.63) is 70.0 Å². The topological polar surface area (TPSA) is 102 Å². The summed E-state index contributed by atoms with van der Waals surface area (Å²) in [7, 11) is 0. The van der Waals surface area contributed by atoms with Crippen molar-refractivity contribution in [1.29, 1.82) is 0 Å². The van der Waals surface area contributed by atoms with Crippen molar-refractivity contribution >= 4 is 5.91 Å². The molecule has 0 saturated carbocycles. The van der Waals surface area contributed by atoms with Crippen molar-refractivity contribution in [2.24, 2.45) is 11.1 Å². The Bertz CT molecular complexity index is 1200. The first-order valence-corrected chi connectivity index (χ1v) is 9.60. The number of primary amides is 1. The molecule has 3 N–H and O–H groups in total. The summed E-state index contributed by atoms with van der Waals surface area (Å²) in [5, 5.41) is 0. The van der Waals surface area contributed by atoms with Gasteiger partial charge < -0.3 is 10.7 Å². The Morgan fingerprint density at radius 3 is 2.44 bits per heavy atom. The zero-order chi connectivity index (χ0) is 23.7. The number of nitrogens with zero attached hydrogens (tertiary/aromatic N) is 2. The van der Waals surface area contributed by atoms with Gasteiger partial charge in [-0.1, -0.05) is 19.9 Å². The lowest BCUT2D eigenvalue weighted by Crippen LogP contribution is -2.31. The third kappa shape index (κ3) is 5.19. The minimum atomic E-state index is -4.60. The van der Waals surface area contributed by atoms with E-state index in [-0.39, 0.29) is 22.6 Å². The van der Waals surface area contributed by atoms with Crippen molar-refractivity contribution < 1.29 is 22.4 Å². The van der Waals surface area contributed by atoms with E-state index in [1.165, 1.54) is 12.1 Å². The van der Waals surface area contributed by atoms with Gasteiger partial charge >= 0.3 is 6.18 Å². The predicted molar refractivity (Wildman–Crippen MR) is 110 cm³/mol. The summed E-state index contributed by atoms with van der Waals surface area (Å²) in [6.45, 7) is 3.42.